The van der Waals surface area contributed by atoms with Crippen molar-refractivity contribution < 1.29 is 14.3 Å². The van der Waals surface area contributed by atoms with Crippen molar-refractivity contribution in [1.29, 1.82) is 0 Å². The molecule has 1 fully saturated rings. The molecule has 1 aliphatic heterocycles. The molecule has 4 rings (SSSR count). The van der Waals surface area contributed by atoms with E-state index < -0.39 is 0 Å². The summed E-state index contributed by atoms with van der Waals surface area (Å²) < 4.78 is 5.38. The minimum absolute atomic E-state index is 0.00649. The van der Waals surface area contributed by atoms with Crippen molar-refractivity contribution in [3.63, 3.8) is 0 Å². The number of piperidine rings is 1. The first kappa shape index (κ1) is 21.8. The van der Waals surface area contributed by atoms with Gasteiger partial charge in [0, 0.05) is 17.0 Å². The predicted molar refractivity (Wildman–Crippen MR) is 128 cm³/mol. The smallest absolute Gasteiger partial charge is 0.238 e. The second-order valence-electron chi connectivity index (χ2n) is 8.32. The third-order valence-electron chi connectivity index (χ3n) is 6.00. The number of ether oxygens (including phenoxy) is 1. The summed E-state index contributed by atoms with van der Waals surface area (Å²) in [5, 5.41) is 8.18. The van der Waals surface area contributed by atoms with E-state index in [9.17, 15) is 9.59 Å². The number of amides is 2. The van der Waals surface area contributed by atoms with Crippen LogP contribution in [-0.4, -0.2) is 43.5 Å². The lowest BCUT2D eigenvalue weighted by Gasteiger charge is -2.30. The number of rotatable bonds is 6. The highest BCUT2D eigenvalue weighted by Gasteiger charge is 2.26. The third kappa shape index (κ3) is 5.08. The van der Waals surface area contributed by atoms with Gasteiger partial charge in [0.2, 0.25) is 11.8 Å². The summed E-state index contributed by atoms with van der Waals surface area (Å²) in [6, 6.07) is 19.7. The maximum absolute atomic E-state index is 12.8. The maximum Gasteiger partial charge on any atom is 0.238 e. The number of aryl methyl sites for hydroxylation is 1. The van der Waals surface area contributed by atoms with Crippen LogP contribution in [0.3, 0.4) is 0 Å². The second kappa shape index (κ2) is 9.83. The van der Waals surface area contributed by atoms with Gasteiger partial charge in [0.25, 0.3) is 0 Å². The Morgan fingerprint density at radius 1 is 0.969 bits per heavy atom. The normalized spacial score (nSPS) is 14.8. The first-order chi connectivity index (χ1) is 15.5. The number of nitrogens with zero attached hydrogens (tertiary/aromatic N) is 1. The number of methoxy groups -OCH3 is 1. The number of carbonyl (C=O) groups is 2. The first-order valence-electron chi connectivity index (χ1n) is 11.0. The highest BCUT2D eigenvalue weighted by atomic mass is 16.5. The van der Waals surface area contributed by atoms with E-state index in [2.05, 4.69) is 15.5 Å². The fraction of sp³-hybridized carbons (Fsp3) is 0.308. The lowest BCUT2D eigenvalue weighted by atomic mass is 9.95. The number of fused-ring (bicyclic) bond motifs is 1. The van der Waals surface area contributed by atoms with Crippen LogP contribution >= 0.6 is 0 Å². The minimum Gasteiger partial charge on any atom is -0.495 e. The lowest BCUT2D eigenvalue weighted by molar-refractivity contribution is -0.121. The quantitative estimate of drug-likeness (QED) is 0.605. The van der Waals surface area contributed by atoms with Gasteiger partial charge in [-0.2, -0.15) is 0 Å². The number of benzene rings is 3. The van der Waals surface area contributed by atoms with Crippen LogP contribution in [-0.2, 0) is 9.59 Å². The fourth-order valence-corrected chi connectivity index (χ4v) is 4.22. The highest BCUT2D eigenvalue weighted by molar-refractivity contribution is 6.02. The Kier molecular flexibility index (Phi) is 6.71. The van der Waals surface area contributed by atoms with Gasteiger partial charge in [-0.25, -0.2) is 0 Å². The minimum atomic E-state index is -0.0709. The van der Waals surface area contributed by atoms with E-state index in [-0.39, 0.29) is 17.7 Å². The van der Waals surface area contributed by atoms with Crippen molar-refractivity contribution in [1.82, 2.24) is 4.90 Å². The molecule has 1 aliphatic rings. The molecular formula is C26H29N3O3. The van der Waals surface area contributed by atoms with Crippen LogP contribution in [0.2, 0.25) is 0 Å². The molecule has 0 bridgehead atoms. The summed E-state index contributed by atoms with van der Waals surface area (Å²) in [7, 11) is 1.60. The van der Waals surface area contributed by atoms with Crippen LogP contribution in [0.15, 0.2) is 60.7 Å². The molecule has 0 radical (unpaired) electrons. The van der Waals surface area contributed by atoms with E-state index in [4.69, 9.17) is 4.74 Å². The van der Waals surface area contributed by atoms with Gasteiger partial charge in [0.15, 0.2) is 0 Å². The van der Waals surface area contributed by atoms with Gasteiger partial charge < -0.3 is 15.4 Å². The SMILES string of the molecule is COc1cc(C)ccc1NC(=O)C1CCN(CC(=O)Nc2cccc3ccccc23)CC1. The highest BCUT2D eigenvalue weighted by Crippen LogP contribution is 2.27. The number of anilines is 2. The molecule has 6 nitrogen and oxygen atoms in total. The van der Waals surface area contributed by atoms with E-state index in [0.717, 1.165) is 34.9 Å². The first-order valence-corrected chi connectivity index (χ1v) is 11.0. The largest absolute Gasteiger partial charge is 0.495 e. The molecule has 0 aliphatic carbocycles. The van der Waals surface area contributed by atoms with Crippen molar-refractivity contribution in [3.8, 4) is 5.75 Å². The van der Waals surface area contributed by atoms with Crippen molar-refractivity contribution in [2.75, 3.05) is 37.4 Å². The van der Waals surface area contributed by atoms with E-state index in [1.165, 1.54) is 0 Å². The molecule has 2 amide bonds. The molecule has 6 heteroatoms. The van der Waals surface area contributed by atoms with Crippen LogP contribution in [0, 0.1) is 12.8 Å². The summed E-state index contributed by atoms with van der Waals surface area (Å²) in [4.78, 5) is 27.5. The van der Waals surface area contributed by atoms with Gasteiger partial charge >= 0.3 is 0 Å². The number of nitrogens with one attached hydrogen (secondary N) is 2. The Labute approximate surface area is 188 Å². The van der Waals surface area contributed by atoms with Crippen molar-refractivity contribution in [3.05, 3.63) is 66.2 Å². The zero-order valence-corrected chi connectivity index (χ0v) is 18.6. The Morgan fingerprint density at radius 2 is 1.72 bits per heavy atom. The molecular weight excluding hydrogens is 402 g/mol. The Balaban J connectivity index is 1.29. The van der Waals surface area contributed by atoms with E-state index in [0.29, 0.717) is 31.1 Å². The molecule has 1 heterocycles. The predicted octanol–water partition coefficient (Wildman–Crippen LogP) is 4.45. The molecule has 0 spiro atoms. The molecule has 166 valence electrons. The average Bonchev–Trinajstić information content (AvgIpc) is 2.81. The number of carbonyl (C=O) groups excluding carboxylic acids is 2. The lowest BCUT2D eigenvalue weighted by Crippen LogP contribution is -2.41. The van der Waals surface area contributed by atoms with Gasteiger partial charge in [-0.3, -0.25) is 14.5 Å². The molecule has 32 heavy (non-hydrogen) atoms. The molecule has 1 saturated heterocycles. The van der Waals surface area contributed by atoms with E-state index in [1.54, 1.807) is 7.11 Å². The average molecular weight is 432 g/mol. The third-order valence-corrected chi connectivity index (χ3v) is 6.00. The van der Waals surface area contributed by atoms with E-state index in [1.807, 2.05) is 67.6 Å². The van der Waals surface area contributed by atoms with Gasteiger partial charge in [0.05, 0.1) is 19.3 Å². The molecule has 0 unspecified atom stereocenters. The maximum atomic E-state index is 12.8. The topological polar surface area (TPSA) is 70.7 Å². The van der Waals surface area contributed by atoms with Gasteiger partial charge in [-0.1, -0.05) is 42.5 Å². The Morgan fingerprint density at radius 3 is 2.50 bits per heavy atom. The molecule has 0 atom stereocenters. The summed E-state index contributed by atoms with van der Waals surface area (Å²) in [5.74, 6) is 0.569. The standard InChI is InChI=1S/C26H29N3O3/c1-18-10-11-23(24(16-18)32-2)28-26(31)20-12-14-29(15-13-20)17-25(30)27-22-9-5-7-19-6-3-4-8-21(19)22/h3-11,16,20H,12-15,17H2,1-2H3,(H,27,30)(H,28,31). The van der Waals surface area contributed by atoms with Crippen LogP contribution in [0.5, 0.6) is 5.75 Å². The number of hydrogen-bond donors (Lipinski definition) is 2. The van der Waals surface area contributed by atoms with Gasteiger partial charge in [-0.15, -0.1) is 0 Å². The van der Waals surface area contributed by atoms with Gasteiger partial charge in [-0.05, 0) is 62.0 Å². The second-order valence-corrected chi connectivity index (χ2v) is 8.32. The molecule has 3 aromatic rings. The monoisotopic (exact) mass is 431 g/mol. The molecule has 0 saturated carbocycles. The number of hydrogen-bond acceptors (Lipinski definition) is 4. The van der Waals surface area contributed by atoms with Gasteiger partial charge in [0.1, 0.15) is 5.75 Å². The van der Waals surface area contributed by atoms with Crippen LogP contribution in [0.1, 0.15) is 18.4 Å². The van der Waals surface area contributed by atoms with Crippen molar-refractivity contribution in [2.45, 2.75) is 19.8 Å². The Bertz CT molecular complexity index is 1120. The number of likely N-dealkylation sites (tertiary alicyclic amines) is 1. The summed E-state index contributed by atoms with van der Waals surface area (Å²) in [6.45, 7) is 3.74. The Hall–Kier alpha value is -3.38. The van der Waals surface area contributed by atoms with Crippen molar-refractivity contribution in [2.24, 2.45) is 5.92 Å². The summed E-state index contributed by atoms with van der Waals surface area (Å²) >= 11 is 0. The zero-order chi connectivity index (χ0) is 22.5. The molecule has 0 aromatic heterocycles. The summed E-state index contributed by atoms with van der Waals surface area (Å²) in [5.41, 5.74) is 2.60. The van der Waals surface area contributed by atoms with E-state index >= 15 is 0 Å². The van der Waals surface area contributed by atoms with Crippen molar-refractivity contribution >= 4 is 34.0 Å². The molecule has 2 N–H and O–H groups in total. The molecule has 3 aromatic carbocycles. The fourth-order valence-electron chi connectivity index (χ4n) is 4.22. The summed E-state index contributed by atoms with van der Waals surface area (Å²) in [6.07, 6.45) is 1.45. The van der Waals surface area contributed by atoms with Crippen LogP contribution in [0.25, 0.3) is 10.8 Å². The zero-order valence-electron chi connectivity index (χ0n) is 18.6. The van der Waals surface area contributed by atoms with Crippen LogP contribution in [0.4, 0.5) is 11.4 Å². The van der Waals surface area contributed by atoms with Crippen LogP contribution < -0.4 is 15.4 Å².